The smallest absolute Gasteiger partial charge is 0.122 e. The third kappa shape index (κ3) is 3.89. The molecule has 116 valence electrons. The van der Waals surface area contributed by atoms with Crippen molar-refractivity contribution in [2.45, 2.75) is 38.6 Å². The third-order valence-electron chi connectivity index (χ3n) is 4.35. The van der Waals surface area contributed by atoms with Gasteiger partial charge < -0.3 is 10.5 Å². The van der Waals surface area contributed by atoms with Crippen molar-refractivity contribution >= 4 is 0 Å². The van der Waals surface area contributed by atoms with Crippen LogP contribution in [0.4, 0.5) is 0 Å². The highest BCUT2D eigenvalue weighted by atomic mass is 16.5. The Kier molecular flexibility index (Phi) is 4.79. The maximum Gasteiger partial charge on any atom is 0.122 e. The number of rotatable bonds is 7. The van der Waals surface area contributed by atoms with Crippen LogP contribution in [0.5, 0.6) is 5.75 Å². The minimum Gasteiger partial charge on any atom is -0.493 e. The molecule has 1 fully saturated rings. The highest BCUT2D eigenvalue weighted by Crippen LogP contribution is 2.32. The summed E-state index contributed by atoms with van der Waals surface area (Å²) < 4.78 is 6.04. The molecule has 0 spiro atoms. The third-order valence-corrected chi connectivity index (χ3v) is 4.35. The van der Waals surface area contributed by atoms with Crippen molar-refractivity contribution in [2.24, 2.45) is 11.7 Å². The fourth-order valence-corrected chi connectivity index (χ4v) is 2.61. The van der Waals surface area contributed by atoms with Crippen molar-refractivity contribution in [1.82, 2.24) is 0 Å². The molecular formula is C20H25NO. The van der Waals surface area contributed by atoms with E-state index in [1.165, 1.54) is 29.5 Å². The standard InChI is InChI=1S/C20H25NO/c1-2-19(21)13-18-12-17(16-6-4-3-5-7-16)10-11-20(18)22-14-15-8-9-15/h3-7,10-12,15,19H,2,8-9,13-14,21H2,1H3. The summed E-state index contributed by atoms with van der Waals surface area (Å²) in [5, 5.41) is 0. The predicted octanol–water partition coefficient (Wildman–Crippen LogP) is 4.42. The summed E-state index contributed by atoms with van der Waals surface area (Å²) >= 11 is 0. The van der Waals surface area contributed by atoms with Crippen molar-refractivity contribution in [3.8, 4) is 16.9 Å². The molecule has 1 aliphatic carbocycles. The normalized spacial score (nSPS) is 15.5. The Morgan fingerprint density at radius 1 is 1.09 bits per heavy atom. The Labute approximate surface area is 133 Å². The molecule has 3 rings (SSSR count). The second-order valence-electron chi connectivity index (χ2n) is 6.32. The summed E-state index contributed by atoms with van der Waals surface area (Å²) in [4.78, 5) is 0. The Hall–Kier alpha value is -1.80. The van der Waals surface area contributed by atoms with E-state index in [9.17, 15) is 0 Å². The highest BCUT2D eigenvalue weighted by molar-refractivity contribution is 5.65. The van der Waals surface area contributed by atoms with Gasteiger partial charge in [0.15, 0.2) is 0 Å². The van der Waals surface area contributed by atoms with Crippen LogP contribution in [0.3, 0.4) is 0 Å². The first-order valence-electron chi connectivity index (χ1n) is 8.33. The predicted molar refractivity (Wildman–Crippen MR) is 92.1 cm³/mol. The first kappa shape index (κ1) is 15.1. The van der Waals surface area contributed by atoms with Gasteiger partial charge >= 0.3 is 0 Å². The van der Waals surface area contributed by atoms with Crippen molar-refractivity contribution in [2.75, 3.05) is 6.61 Å². The SMILES string of the molecule is CCC(N)Cc1cc(-c2ccccc2)ccc1OCC1CC1. The monoisotopic (exact) mass is 295 g/mol. The van der Waals surface area contributed by atoms with Gasteiger partial charge in [-0.1, -0.05) is 43.3 Å². The van der Waals surface area contributed by atoms with Gasteiger partial charge in [0.25, 0.3) is 0 Å². The molecular weight excluding hydrogens is 270 g/mol. The molecule has 0 aliphatic heterocycles. The van der Waals surface area contributed by atoms with Gasteiger partial charge in [-0.3, -0.25) is 0 Å². The van der Waals surface area contributed by atoms with Crippen LogP contribution in [0, 0.1) is 5.92 Å². The van der Waals surface area contributed by atoms with Crippen molar-refractivity contribution in [3.63, 3.8) is 0 Å². The molecule has 2 nitrogen and oxygen atoms in total. The average Bonchev–Trinajstić information content (AvgIpc) is 3.38. The van der Waals surface area contributed by atoms with Crippen LogP contribution in [0.25, 0.3) is 11.1 Å². The van der Waals surface area contributed by atoms with Crippen LogP contribution in [-0.4, -0.2) is 12.6 Å². The first-order valence-corrected chi connectivity index (χ1v) is 8.33. The summed E-state index contributed by atoms with van der Waals surface area (Å²) in [6.45, 7) is 2.98. The maximum atomic E-state index is 6.18. The lowest BCUT2D eigenvalue weighted by atomic mass is 9.98. The van der Waals surface area contributed by atoms with Crippen LogP contribution in [-0.2, 0) is 6.42 Å². The lowest BCUT2D eigenvalue weighted by Gasteiger charge is -2.16. The van der Waals surface area contributed by atoms with Crippen molar-refractivity contribution in [3.05, 3.63) is 54.1 Å². The number of benzene rings is 2. The van der Waals surface area contributed by atoms with Crippen molar-refractivity contribution < 1.29 is 4.74 Å². The van der Waals surface area contributed by atoms with Crippen LogP contribution < -0.4 is 10.5 Å². The lowest BCUT2D eigenvalue weighted by molar-refractivity contribution is 0.296. The second-order valence-corrected chi connectivity index (χ2v) is 6.32. The summed E-state index contributed by atoms with van der Waals surface area (Å²) in [6, 6.07) is 17.2. The van der Waals surface area contributed by atoms with E-state index in [0.717, 1.165) is 31.1 Å². The molecule has 0 radical (unpaired) electrons. The summed E-state index contributed by atoms with van der Waals surface area (Å²) in [5.74, 6) is 1.77. The molecule has 22 heavy (non-hydrogen) atoms. The van der Waals surface area contributed by atoms with Crippen LogP contribution in [0.1, 0.15) is 31.7 Å². The molecule has 2 aromatic carbocycles. The molecule has 1 aliphatic rings. The quantitative estimate of drug-likeness (QED) is 0.820. The van der Waals surface area contributed by atoms with E-state index < -0.39 is 0 Å². The average molecular weight is 295 g/mol. The molecule has 0 aromatic heterocycles. The fraction of sp³-hybridized carbons (Fsp3) is 0.400. The van der Waals surface area contributed by atoms with Gasteiger partial charge in [0.2, 0.25) is 0 Å². The molecule has 2 aromatic rings. The van der Waals surface area contributed by atoms with Crippen molar-refractivity contribution in [1.29, 1.82) is 0 Å². The summed E-state index contributed by atoms with van der Waals surface area (Å²) in [7, 11) is 0. The number of ether oxygens (including phenoxy) is 1. The van der Waals surface area contributed by atoms with E-state index in [2.05, 4.69) is 49.4 Å². The Balaban J connectivity index is 1.85. The molecule has 1 atom stereocenters. The number of nitrogens with two attached hydrogens (primary N) is 1. The molecule has 1 unspecified atom stereocenters. The van der Waals surface area contributed by atoms with Crippen LogP contribution in [0.2, 0.25) is 0 Å². The molecule has 0 heterocycles. The minimum absolute atomic E-state index is 0.189. The molecule has 0 bridgehead atoms. The highest BCUT2D eigenvalue weighted by Gasteiger charge is 2.22. The minimum atomic E-state index is 0.189. The largest absolute Gasteiger partial charge is 0.493 e. The van der Waals surface area contributed by atoms with Gasteiger partial charge in [-0.15, -0.1) is 0 Å². The first-order chi connectivity index (χ1) is 10.8. The molecule has 2 N–H and O–H groups in total. The van der Waals surface area contributed by atoms with Gasteiger partial charge in [0.1, 0.15) is 5.75 Å². The topological polar surface area (TPSA) is 35.2 Å². The van der Waals surface area contributed by atoms with Gasteiger partial charge in [-0.2, -0.15) is 0 Å². The zero-order valence-electron chi connectivity index (χ0n) is 13.3. The molecule has 0 amide bonds. The van der Waals surface area contributed by atoms with Gasteiger partial charge in [0, 0.05) is 6.04 Å². The Morgan fingerprint density at radius 2 is 1.86 bits per heavy atom. The van der Waals surface area contributed by atoms with E-state index in [-0.39, 0.29) is 6.04 Å². The molecule has 0 saturated heterocycles. The van der Waals surface area contributed by atoms with E-state index in [0.29, 0.717) is 0 Å². The van der Waals surface area contributed by atoms with Gasteiger partial charge in [0.05, 0.1) is 6.61 Å². The van der Waals surface area contributed by atoms with Crippen LogP contribution >= 0.6 is 0 Å². The van der Waals surface area contributed by atoms with Crippen LogP contribution in [0.15, 0.2) is 48.5 Å². The zero-order chi connectivity index (χ0) is 15.4. The lowest BCUT2D eigenvalue weighted by Crippen LogP contribution is -2.21. The van der Waals surface area contributed by atoms with E-state index >= 15 is 0 Å². The molecule has 1 saturated carbocycles. The number of hydrogen-bond donors (Lipinski definition) is 1. The van der Waals surface area contributed by atoms with E-state index in [1.807, 2.05) is 6.07 Å². The Morgan fingerprint density at radius 3 is 2.55 bits per heavy atom. The van der Waals surface area contributed by atoms with E-state index in [1.54, 1.807) is 0 Å². The summed E-state index contributed by atoms with van der Waals surface area (Å²) in [6.07, 6.45) is 4.48. The van der Waals surface area contributed by atoms with Gasteiger partial charge in [-0.25, -0.2) is 0 Å². The number of hydrogen-bond acceptors (Lipinski definition) is 2. The van der Waals surface area contributed by atoms with Gasteiger partial charge in [-0.05, 0) is 60.4 Å². The fourth-order valence-electron chi connectivity index (χ4n) is 2.61. The van der Waals surface area contributed by atoms with E-state index in [4.69, 9.17) is 10.5 Å². The summed E-state index contributed by atoms with van der Waals surface area (Å²) in [5.41, 5.74) is 9.88. The maximum absolute atomic E-state index is 6.18. The Bertz CT molecular complexity index is 604. The second kappa shape index (κ2) is 6.97. The zero-order valence-corrected chi connectivity index (χ0v) is 13.3. The molecule has 2 heteroatoms.